The lowest BCUT2D eigenvalue weighted by Gasteiger charge is -2.37. The molecule has 2 heteroatoms. The number of hydrogen-bond acceptors (Lipinski definition) is 1. The van der Waals surface area contributed by atoms with Crippen molar-refractivity contribution in [1.82, 2.24) is 0 Å². The second kappa shape index (κ2) is 5.01. The first-order valence-corrected chi connectivity index (χ1v) is 6.53. The van der Waals surface area contributed by atoms with Crippen molar-refractivity contribution in [2.24, 2.45) is 5.92 Å². The molecule has 1 aromatic rings. The molecule has 1 heterocycles. The third kappa shape index (κ3) is 2.58. The average Bonchev–Trinajstić information content (AvgIpc) is 2.34. The summed E-state index contributed by atoms with van der Waals surface area (Å²) in [6.45, 7) is 7.49. The first-order chi connectivity index (χ1) is 8.09. The van der Waals surface area contributed by atoms with E-state index in [0.29, 0.717) is 17.9 Å². The Morgan fingerprint density at radius 3 is 2.53 bits per heavy atom. The van der Waals surface area contributed by atoms with Crippen LogP contribution in [0.5, 0.6) is 0 Å². The van der Waals surface area contributed by atoms with Gasteiger partial charge in [-0.3, -0.25) is 4.79 Å². The number of quaternary nitrogens is 1. The summed E-state index contributed by atoms with van der Waals surface area (Å²) in [4.78, 5) is 13.2. The van der Waals surface area contributed by atoms with E-state index >= 15 is 0 Å². The fraction of sp³-hybridized carbons (Fsp3) is 0.533. The monoisotopic (exact) mass is 232 g/mol. The molecule has 17 heavy (non-hydrogen) atoms. The fourth-order valence-corrected chi connectivity index (χ4v) is 2.86. The molecule has 0 aromatic heterocycles. The van der Waals surface area contributed by atoms with Gasteiger partial charge in [0.25, 0.3) is 0 Å². The number of rotatable bonds is 2. The van der Waals surface area contributed by atoms with Gasteiger partial charge in [-0.2, -0.15) is 0 Å². The highest BCUT2D eigenvalue weighted by molar-refractivity contribution is 5.81. The van der Waals surface area contributed by atoms with Gasteiger partial charge in [-0.1, -0.05) is 37.3 Å². The highest BCUT2D eigenvalue weighted by Gasteiger charge is 2.35. The number of carbonyl (C=O) groups excluding carboxylic acids is 1. The van der Waals surface area contributed by atoms with Crippen molar-refractivity contribution >= 4 is 5.78 Å². The first-order valence-electron chi connectivity index (χ1n) is 6.53. The Morgan fingerprint density at radius 2 is 1.88 bits per heavy atom. The van der Waals surface area contributed by atoms with Crippen LogP contribution in [0.15, 0.2) is 30.3 Å². The number of Topliss-reactive ketones (excluding diaryl/α,β-unsaturated/α-hetero) is 1. The lowest BCUT2D eigenvalue weighted by molar-refractivity contribution is -0.956. The third-order valence-corrected chi connectivity index (χ3v) is 4.09. The number of ketones is 1. The minimum Gasteiger partial charge on any atom is -0.326 e. The lowest BCUT2D eigenvalue weighted by atomic mass is 9.91. The molecular formula is C15H22NO+. The van der Waals surface area contributed by atoms with Gasteiger partial charge in [-0.15, -0.1) is 0 Å². The van der Waals surface area contributed by atoms with Crippen LogP contribution in [0, 0.1) is 5.92 Å². The molecule has 4 atom stereocenters. The van der Waals surface area contributed by atoms with Crippen molar-refractivity contribution in [2.75, 3.05) is 6.54 Å². The zero-order valence-corrected chi connectivity index (χ0v) is 10.9. The van der Waals surface area contributed by atoms with E-state index in [2.05, 4.69) is 51.1 Å². The Hall–Kier alpha value is -1.15. The summed E-state index contributed by atoms with van der Waals surface area (Å²) in [6, 6.07) is 11.5. The van der Waals surface area contributed by atoms with Gasteiger partial charge in [0, 0.05) is 5.56 Å². The molecule has 1 aliphatic heterocycles. The quantitative estimate of drug-likeness (QED) is 0.822. The van der Waals surface area contributed by atoms with Crippen molar-refractivity contribution < 1.29 is 9.69 Å². The minimum absolute atomic E-state index is 0.215. The molecule has 2 rings (SSSR count). The molecule has 1 fully saturated rings. The van der Waals surface area contributed by atoms with Crippen LogP contribution in [-0.2, 0) is 4.79 Å². The number of likely N-dealkylation sites (tertiary alicyclic amines) is 1. The summed E-state index contributed by atoms with van der Waals surface area (Å²) in [7, 11) is 0. The molecule has 0 spiro atoms. The predicted octanol–water partition coefficient (Wildman–Crippen LogP) is 1.63. The maximum atomic E-state index is 11.7. The second-order valence-corrected chi connectivity index (χ2v) is 5.38. The predicted molar refractivity (Wildman–Crippen MR) is 68.9 cm³/mol. The van der Waals surface area contributed by atoms with Gasteiger partial charge in [0.05, 0.1) is 24.9 Å². The van der Waals surface area contributed by atoms with Crippen LogP contribution in [0.25, 0.3) is 0 Å². The largest absolute Gasteiger partial charge is 0.326 e. The number of nitrogens with one attached hydrogen (secondary N) is 1. The van der Waals surface area contributed by atoms with E-state index in [9.17, 15) is 4.79 Å². The number of piperidine rings is 1. The molecule has 0 radical (unpaired) electrons. The second-order valence-electron chi connectivity index (χ2n) is 5.38. The van der Waals surface area contributed by atoms with Gasteiger partial charge in [0.2, 0.25) is 0 Å². The standard InChI is InChI=1S/C15H21NO/c1-11-10-16(12(2)9-15(11)17)13(3)14-7-5-4-6-8-14/h4-8,11-13H,9-10H2,1-3H3/p+1/t11-,12+,13-/m0/s1. The molecule has 92 valence electrons. The highest BCUT2D eigenvalue weighted by Crippen LogP contribution is 2.13. The minimum atomic E-state index is 0.215. The zero-order chi connectivity index (χ0) is 12.4. The molecular weight excluding hydrogens is 210 g/mol. The maximum absolute atomic E-state index is 11.7. The molecule has 1 unspecified atom stereocenters. The topological polar surface area (TPSA) is 21.5 Å². The van der Waals surface area contributed by atoms with Crippen LogP contribution in [0.2, 0.25) is 0 Å². The van der Waals surface area contributed by atoms with E-state index in [4.69, 9.17) is 0 Å². The van der Waals surface area contributed by atoms with Gasteiger partial charge in [0.1, 0.15) is 11.8 Å². The van der Waals surface area contributed by atoms with Gasteiger partial charge in [-0.25, -0.2) is 0 Å². The Kier molecular flexibility index (Phi) is 3.63. The van der Waals surface area contributed by atoms with Crippen LogP contribution in [0.4, 0.5) is 0 Å². The van der Waals surface area contributed by atoms with Crippen LogP contribution >= 0.6 is 0 Å². The van der Waals surface area contributed by atoms with Gasteiger partial charge in [-0.05, 0) is 13.8 Å². The Morgan fingerprint density at radius 1 is 1.24 bits per heavy atom. The van der Waals surface area contributed by atoms with Crippen LogP contribution in [0.1, 0.15) is 38.8 Å². The number of hydrogen-bond donors (Lipinski definition) is 1. The fourth-order valence-electron chi connectivity index (χ4n) is 2.86. The Balaban J connectivity index is 2.14. The molecule has 0 bridgehead atoms. The smallest absolute Gasteiger partial charge is 0.147 e. The van der Waals surface area contributed by atoms with Gasteiger partial charge < -0.3 is 4.90 Å². The van der Waals surface area contributed by atoms with Crippen LogP contribution < -0.4 is 4.90 Å². The van der Waals surface area contributed by atoms with Crippen molar-refractivity contribution in [3.63, 3.8) is 0 Å². The number of benzene rings is 1. The van der Waals surface area contributed by atoms with Crippen LogP contribution in [0.3, 0.4) is 0 Å². The molecule has 0 saturated carbocycles. The molecule has 0 amide bonds. The molecule has 1 N–H and O–H groups in total. The molecule has 2 nitrogen and oxygen atoms in total. The van der Waals surface area contributed by atoms with Crippen molar-refractivity contribution in [2.45, 2.75) is 39.3 Å². The van der Waals surface area contributed by atoms with E-state index in [0.717, 1.165) is 13.0 Å². The summed E-state index contributed by atoms with van der Waals surface area (Å²) in [6.07, 6.45) is 0.730. The first kappa shape index (κ1) is 12.3. The lowest BCUT2D eigenvalue weighted by Crippen LogP contribution is -3.17. The summed E-state index contributed by atoms with van der Waals surface area (Å²) >= 11 is 0. The van der Waals surface area contributed by atoms with E-state index in [1.54, 1.807) is 4.90 Å². The molecule has 1 saturated heterocycles. The van der Waals surface area contributed by atoms with Crippen molar-refractivity contribution in [1.29, 1.82) is 0 Å². The summed E-state index contributed by atoms with van der Waals surface area (Å²) in [5.41, 5.74) is 1.37. The third-order valence-electron chi connectivity index (χ3n) is 4.09. The van der Waals surface area contributed by atoms with E-state index < -0.39 is 0 Å². The van der Waals surface area contributed by atoms with Crippen molar-refractivity contribution in [3.8, 4) is 0 Å². The van der Waals surface area contributed by atoms with Gasteiger partial charge >= 0.3 is 0 Å². The van der Waals surface area contributed by atoms with Crippen molar-refractivity contribution in [3.05, 3.63) is 35.9 Å². The summed E-state index contributed by atoms with van der Waals surface area (Å²) in [5, 5.41) is 0. The summed E-state index contributed by atoms with van der Waals surface area (Å²) < 4.78 is 0. The average molecular weight is 232 g/mol. The highest BCUT2D eigenvalue weighted by atomic mass is 16.1. The number of carbonyl (C=O) groups is 1. The Bertz CT molecular complexity index is 387. The van der Waals surface area contributed by atoms with Crippen LogP contribution in [-0.4, -0.2) is 18.4 Å². The summed E-state index contributed by atoms with van der Waals surface area (Å²) in [5.74, 6) is 0.647. The van der Waals surface area contributed by atoms with Gasteiger partial charge in [0.15, 0.2) is 0 Å². The maximum Gasteiger partial charge on any atom is 0.147 e. The molecule has 0 aliphatic carbocycles. The molecule has 1 aliphatic rings. The van der Waals surface area contributed by atoms with E-state index in [-0.39, 0.29) is 5.92 Å². The SMILES string of the molecule is C[C@@H]1CC(=O)[C@@H](C)C[NH+]1[C@@H](C)c1ccccc1. The van der Waals surface area contributed by atoms with E-state index in [1.807, 2.05) is 0 Å². The Labute approximate surface area is 104 Å². The normalized spacial score (nSPS) is 31.2. The molecule has 1 aromatic carbocycles. The zero-order valence-electron chi connectivity index (χ0n) is 10.9. The van der Waals surface area contributed by atoms with E-state index in [1.165, 1.54) is 5.56 Å².